The van der Waals surface area contributed by atoms with Gasteiger partial charge in [0.1, 0.15) is 0 Å². The molecule has 0 atom stereocenters. The molecule has 0 saturated heterocycles. The van der Waals surface area contributed by atoms with Gasteiger partial charge in [0.05, 0.1) is 20.8 Å². The van der Waals surface area contributed by atoms with E-state index in [4.69, 9.17) is 39.5 Å². The van der Waals surface area contributed by atoms with Crippen molar-refractivity contribution < 1.29 is 14.3 Å². The average molecular weight is 390 g/mol. The van der Waals surface area contributed by atoms with Crippen molar-refractivity contribution in [2.45, 2.75) is 4.90 Å². The van der Waals surface area contributed by atoms with E-state index >= 15 is 0 Å². The average Bonchev–Trinajstić information content (AvgIpc) is 2.57. The van der Waals surface area contributed by atoms with Crippen LogP contribution in [0.15, 0.2) is 47.4 Å². The number of ketones is 1. The number of hydrogen-bond acceptors (Lipinski definition) is 4. The van der Waals surface area contributed by atoms with Crippen LogP contribution in [0.1, 0.15) is 10.4 Å². The fourth-order valence-corrected chi connectivity index (χ4v) is 3.16. The molecule has 0 aromatic heterocycles. The van der Waals surface area contributed by atoms with Gasteiger partial charge in [-0.05, 0) is 12.1 Å². The fourth-order valence-electron chi connectivity index (χ4n) is 1.65. The Hall–Kier alpha value is -1.20. The van der Waals surface area contributed by atoms with Crippen LogP contribution < -0.4 is 0 Å². The highest BCUT2D eigenvalue weighted by atomic mass is 35.5. The lowest BCUT2D eigenvalue weighted by Crippen LogP contribution is -2.15. The minimum atomic E-state index is -0.513. The summed E-state index contributed by atoms with van der Waals surface area (Å²) in [6.45, 7) is -0.293. The van der Waals surface area contributed by atoms with Crippen LogP contribution in [-0.2, 0) is 9.53 Å². The van der Waals surface area contributed by atoms with Crippen LogP contribution in [-0.4, -0.2) is 24.1 Å². The summed E-state index contributed by atoms with van der Waals surface area (Å²) in [6.07, 6.45) is 0. The number of hydrogen-bond donors (Lipinski definition) is 0. The Morgan fingerprint density at radius 2 is 1.65 bits per heavy atom. The van der Waals surface area contributed by atoms with Crippen molar-refractivity contribution in [2.24, 2.45) is 0 Å². The van der Waals surface area contributed by atoms with Gasteiger partial charge in [-0.15, -0.1) is 11.8 Å². The molecule has 2 aromatic carbocycles. The topological polar surface area (TPSA) is 43.4 Å². The number of esters is 1. The van der Waals surface area contributed by atoms with Crippen LogP contribution in [0, 0.1) is 0 Å². The summed E-state index contributed by atoms with van der Waals surface area (Å²) in [5.74, 6) is -0.752. The first-order chi connectivity index (χ1) is 11.0. The van der Waals surface area contributed by atoms with Gasteiger partial charge in [0.25, 0.3) is 0 Å². The smallest absolute Gasteiger partial charge is 0.316 e. The Balaban J connectivity index is 1.84. The van der Waals surface area contributed by atoms with Gasteiger partial charge in [-0.1, -0.05) is 65.1 Å². The molecule has 23 heavy (non-hydrogen) atoms. The maximum Gasteiger partial charge on any atom is 0.316 e. The highest BCUT2D eigenvalue weighted by Crippen LogP contribution is 2.37. The van der Waals surface area contributed by atoms with Gasteiger partial charge in [0.15, 0.2) is 12.4 Å². The van der Waals surface area contributed by atoms with Crippen molar-refractivity contribution in [3.05, 3.63) is 63.1 Å². The minimum Gasteiger partial charge on any atom is -0.457 e. The lowest BCUT2D eigenvalue weighted by molar-refractivity contribution is -0.139. The summed E-state index contributed by atoms with van der Waals surface area (Å²) < 4.78 is 4.96. The lowest BCUT2D eigenvalue weighted by Gasteiger charge is -2.07. The van der Waals surface area contributed by atoms with E-state index in [1.54, 1.807) is 42.5 Å². The highest BCUT2D eigenvalue weighted by Gasteiger charge is 2.13. The van der Waals surface area contributed by atoms with Crippen molar-refractivity contribution in [2.75, 3.05) is 12.4 Å². The molecule has 2 rings (SSSR count). The third-order valence-electron chi connectivity index (χ3n) is 2.81. The molecule has 0 aliphatic rings. The molecule has 0 unspecified atom stereocenters. The molecule has 3 nitrogen and oxygen atoms in total. The second-order valence-electron chi connectivity index (χ2n) is 4.41. The molecular weight excluding hydrogens is 379 g/mol. The van der Waals surface area contributed by atoms with Crippen molar-refractivity contribution in [1.29, 1.82) is 0 Å². The first-order valence-electron chi connectivity index (χ1n) is 6.49. The summed E-state index contributed by atoms with van der Waals surface area (Å²) >= 11 is 19.0. The zero-order chi connectivity index (χ0) is 16.8. The van der Waals surface area contributed by atoms with E-state index in [0.29, 0.717) is 15.5 Å². The van der Waals surface area contributed by atoms with Gasteiger partial charge in [-0.25, -0.2) is 0 Å². The van der Waals surface area contributed by atoms with Gasteiger partial charge in [-0.2, -0.15) is 0 Å². The monoisotopic (exact) mass is 388 g/mol. The zero-order valence-electron chi connectivity index (χ0n) is 11.7. The Kier molecular flexibility index (Phi) is 6.78. The number of carbonyl (C=O) groups is 2. The second kappa shape index (κ2) is 8.60. The molecule has 0 aliphatic heterocycles. The molecule has 0 amide bonds. The molecule has 0 spiro atoms. The van der Waals surface area contributed by atoms with Gasteiger partial charge < -0.3 is 4.74 Å². The first-order valence-corrected chi connectivity index (χ1v) is 8.61. The number of benzene rings is 2. The van der Waals surface area contributed by atoms with Crippen LogP contribution in [0.3, 0.4) is 0 Å². The van der Waals surface area contributed by atoms with E-state index in [2.05, 4.69) is 0 Å². The largest absolute Gasteiger partial charge is 0.457 e. The molecular formula is C16H11Cl3O3S. The van der Waals surface area contributed by atoms with E-state index in [1.807, 2.05) is 0 Å². The van der Waals surface area contributed by atoms with Crippen LogP contribution in [0.25, 0.3) is 0 Å². The third-order valence-corrected chi connectivity index (χ3v) is 5.24. The van der Waals surface area contributed by atoms with E-state index < -0.39 is 5.97 Å². The standard InChI is InChI=1S/C16H11Cl3O3S/c17-11-6-7-13(16(19)15(11)18)23-9-14(21)22-8-12(20)10-4-2-1-3-5-10/h1-7H,8-9H2. The number of carbonyl (C=O) groups excluding carboxylic acids is 2. The number of halogens is 3. The molecule has 0 fully saturated rings. The maximum absolute atomic E-state index is 11.8. The van der Waals surface area contributed by atoms with Gasteiger partial charge in [0.2, 0.25) is 0 Å². The predicted molar refractivity (Wildman–Crippen MR) is 93.9 cm³/mol. The van der Waals surface area contributed by atoms with E-state index in [-0.39, 0.29) is 28.2 Å². The number of Topliss-reactive ketones (excluding diaryl/α,β-unsaturated/α-hetero) is 1. The summed E-state index contributed by atoms with van der Waals surface area (Å²) in [5, 5.41) is 0.875. The van der Waals surface area contributed by atoms with Crippen LogP contribution in [0.2, 0.25) is 15.1 Å². The molecule has 0 aliphatic carbocycles. The molecule has 0 radical (unpaired) electrons. The quantitative estimate of drug-likeness (QED) is 0.296. The minimum absolute atomic E-state index is 0.0136. The number of ether oxygens (including phenoxy) is 1. The normalized spacial score (nSPS) is 10.4. The number of thioether (sulfide) groups is 1. The van der Waals surface area contributed by atoms with Gasteiger partial charge >= 0.3 is 5.97 Å². The Morgan fingerprint density at radius 3 is 2.35 bits per heavy atom. The van der Waals surface area contributed by atoms with Crippen LogP contribution in [0.5, 0.6) is 0 Å². The molecule has 0 saturated carbocycles. The summed E-state index contributed by atoms with van der Waals surface area (Å²) in [7, 11) is 0. The highest BCUT2D eigenvalue weighted by molar-refractivity contribution is 8.00. The van der Waals surface area contributed by atoms with E-state index in [9.17, 15) is 9.59 Å². The Labute approximate surface area is 152 Å². The third kappa shape index (κ3) is 5.15. The molecule has 2 aromatic rings. The second-order valence-corrected chi connectivity index (χ2v) is 6.59. The summed E-state index contributed by atoms with van der Waals surface area (Å²) in [6, 6.07) is 11.9. The van der Waals surface area contributed by atoms with Crippen molar-refractivity contribution in [3.8, 4) is 0 Å². The van der Waals surface area contributed by atoms with Crippen molar-refractivity contribution in [3.63, 3.8) is 0 Å². The predicted octanol–water partition coefficient (Wildman–Crippen LogP) is 5.17. The lowest BCUT2D eigenvalue weighted by atomic mass is 10.1. The SMILES string of the molecule is O=C(CSc1ccc(Cl)c(Cl)c1Cl)OCC(=O)c1ccccc1. The Bertz CT molecular complexity index is 720. The van der Waals surface area contributed by atoms with Crippen LogP contribution >= 0.6 is 46.6 Å². The van der Waals surface area contributed by atoms with E-state index in [0.717, 1.165) is 11.8 Å². The van der Waals surface area contributed by atoms with Crippen molar-refractivity contribution >= 4 is 58.3 Å². The fraction of sp³-hybridized carbons (Fsp3) is 0.125. The van der Waals surface area contributed by atoms with Gasteiger partial charge in [-0.3, -0.25) is 9.59 Å². The van der Waals surface area contributed by atoms with E-state index in [1.165, 1.54) is 0 Å². The maximum atomic E-state index is 11.8. The first kappa shape index (κ1) is 18.1. The molecule has 0 bridgehead atoms. The van der Waals surface area contributed by atoms with Crippen LogP contribution in [0.4, 0.5) is 0 Å². The summed E-state index contributed by atoms with van der Waals surface area (Å²) in [4.78, 5) is 24.2. The molecule has 7 heteroatoms. The van der Waals surface area contributed by atoms with Crippen molar-refractivity contribution in [1.82, 2.24) is 0 Å². The molecule has 120 valence electrons. The zero-order valence-corrected chi connectivity index (χ0v) is 14.8. The Morgan fingerprint density at radius 1 is 0.957 bits per heavy atom. The molecule has 0 N–H and O–H groups in total. The summed E-state index contributed by atoms with van der Waals surface area (Å²) in [5.41, 5.74) is 0.500. The number of rotatable bonds is 6. The van der Waals surface area contributed by atoms with Gasteiger partial charge in [0, 0.05) is 10.5 Å². The molecule has 0 heterocycles.